The van der Waals surface area contributed by atoms with Crippen LogP contribution in [0.1, 0.15) is 16.7 Å². The molecule has 0 amide bonds. The fourth-order valence-corrected chi connectivity index (χ4v) is 4.32. The Labute approximate surface area is 174 Å². The van der Waals surface area contributed by atoms with E-state index < -0.39 is 27.7 Å². The Morgan fingerprint density at radius 1 is 1.03 bits per heavy atom. The van der Waals surface area contributed by atoms with Crippen LogP contribution in [0.5, 0.6) is 0 Å². The second kappa shape index (κ2) is 8.67. The van der Waals surface area contributed by atoms with E-state index in [4.69, 9.17) is 0 Å². The number of thiophene rings is 1. The number of sulfonamides is 1. The second-order valence-electron chi connectivity index (χ2n) is 5.88. The molecule has 1 N–H and O–H groups in total. The molecule has 0 unspecified atom stereocenters. The first kappa shape index (κ1) is 21.5. The van der Waals surface area contributed by atoms with Crippen LogP contribution in [-0.4, -0.2) is 20.5 Å². The van der Waals surface area contributed by atoms with Crippen LogP contribution in [0.4, 0.5) is 18.9 Å². The number of rotatable bonds is 6. The molecule has 0 aliphatic carbocycles. The van der Waals surface area contributed by atoms with Gasteiger partial charge in [0, 0.05) is 11.6 Å². The van der Waals surface area contributed by atoms with Crippen molar-refractivity contribution in [1.82, 2.24) is 0 Å². The van der Waals surface area contributed by atoms with Crippen LogP contribution in [0.15, 0.2) is 80.5 Å². The van der Waals surface area contributed by atoms with Gasteiger partial charge in [-0.1, -0.05) is 30.3 Å². The Hall–Kier alpha value is -3.18. The maximum Gasteiger partial charge on any atom is 0.416 e. The predicted molar refractivity (Wildman–Crippen MR) is 107 cm³/mol. The van der Waals surface area contributed by atoms with Gasteiger partial charge in [-0.05, 0) is 46.8 Å². The highest BCUT2D eigenvalue weighted by atomic mass is 32.2. The van der Waals surface area contributed by atoms with Crippen LogP contribution in [0.2, 0.25) is 0 Å². The third-order valence-electron chi connectivity index (χ3n) is 3.74. The van der Waals surface area contributed by atoms with E-state index in [2.05, 4.69) is 14.9 Å². The van der Waals surface area contributed by atoms with Gasteiger partial charge in [0.25, 0.3) is 10.0 Å². The molecule has 0 spiro atoms. The molecule has 2 aromatic carbocycles. The minimum absolute atomic E-state index is 0.162. The van der Waals surface area contributed by atoms with Gasteiger partial charge in [-0.2, -0.15) is 23.4 Å². The number of halogens is 3. The van der Waals surface area contributed by atoms with Gasteiger partial charge in [0.15, 0.2) is 0 Å². The van der Waals surface area contributed by atoms with E-state index in [0.717, 1.165) is 29.7 Å². The topological polar surface area (TPSA) is 94.0 Å². The van der Waals surface area contributed by atoms with E-state index in [1.165, 1.54) is 42.5 Å². The molecule has 0 fully saturated rings. The lowest BCUT2D eigenvalue weighted by molar-refractivity contribution is -0.213. The van der Waals surface area contributed by atoms with Crippen molar-refractivity contribution < 1.29 is 26.7 Å². The summed E-state index contributed by atoms with van der Waals surface area (Å²) in [5.41, 5.74) is -0.00724. The van der Waals surface area contributed by atoms with Crippen molar-refractivity contribution in [2.75, 3.05) is 4.72 Å². The molecule has 0 saturated heterocycles. The molecule has 0 bridgehead atoms. The van der Waals surface area contributed by atoms with E-state index in [1.807, 2.05) is 0 Å². The number of nitrogens with zero attached hydrogens (tertiary/aromatic N) is 2. The Bertz CT molecular complexity index is 1150. The monoisotopic (exact) mass is 452 g/mol. The lowest BCUT2D eigenvalue weighted by atomic mass is 10.1. The molecule has 3 aromatic rings. The summed E-state index contributed by atoms with van der Waals surface area (Å²) in [5, 5.41) is 20.7. The zero-order chi connectivity index (χ0) is 21.8. The Morgan fingerprint density at radius 3 is 2.27 bits per heavy atom. The normalized spacial score (nSPS) is 13.0. The highest BCUT2D eigenvalue weighted by Gasteiger charge is 2.29. The highest BCUT2D eigenvalue weighted by Crippen LogP contribution is 2.28. The van der Waals surface area contributed by atoms with Gasteiger partial charge >= 0.3 is 6.18 Å². The number of anilines is 1. The van der Waals surface area contributed by atoms with Crippen LogP contribution in [-0.2, 0) is 16.2 Å². The van der Waals surface area contributed by atoms with Crippen molar-refractivity contribution in [3.63, 3.8) is 0 Å². The van der Waals surface area contributed by atoms with Crippen LogP contribution in [0, 0.1) is 0 Å². The van der Waals surface area contributed by atoms with Crippen LogP contribution in [0.25, 0.3) is 0 Å². The van der Waals surface area contributed by atoms with Crippen molar-refractivity contribution in [3.05, 3.63) is 82.7 Å². The minimum Gasteiger partial charge on any atom is -0.857 e. The standard InChI is InChI=1S/C19H14F3N3O3S2/c20-19(21,22)15-7-3-13(4-8-15)12-23-24-18(26)14-5-9-16(10-6-14)25-30(27,28)17-2-1-11-29-17/h1-12,25H,(H,24,26)/p-1/b23-12-. The highest BCUT2D eigenvalue weighted by molar-refractivity contribution is 7.94. The Kier molecular flexibility index (Phi) is 6.22. The van der Waals surface area contributed by atoms with Crippen molar-refractivity contribution in [3.8, 4) is 0 Å². The third kappa shape index (κ3) is 5.45. The van der Waals surface area contributed by atoms with Gasteiger partial charge in [0.1, 0.15) is 4.21 Å². The van der Waals surface area contributed by atoms with Gasteiger partial charge in [-0.3, -0.25) is 4.72 Å². The fraction of sp³-hybridized carbons (Fsp3) is 0.0526. The van der Waals surface area contributed by atoms with Crippen LogP contribution in [0.3, 0.4) is 0 Å². The second-order valence-corrected chi connectivity index (χ2v) is 8.74. The number of hydrogen-bond donors (Lipinski definition) is 1. The van der Waals surface area contributed by atoms with E-state index >= 15 is 0 Å². The average molecular weight is 452 g/mol. The summed E-state index contributed by atoms with van der Waals surface area (Å²) in [6.45, 7) is 0. The molecule has 6 nitrogen and oxygen atoms in total. The van der Waals surface area contributed by atoms with Gasteiger partial charge in [-0.25, -0.2) is 8.42 Å². The molecule has 0 aliphatic rings. The molecule has 0 aliphatic heterocycles. The minimum atomic E-state index is -4.43. The molecular weight excluding hydrogens is 439 g/mol. The van der Waals surface area contributed by atoms with Crippen molar-refractivity contribution in [2.24, 2.45) is 10.2 Å². The van der Waals surface area contributed by atoms with E-state index in [1.54, 1.807) is 11.4 Å². The zero-order valence-electron chi connectivity index (χ0n) is 15.0. The summed E-state index contributed by atoms with van der Waals surface area (Å²) in [7, 11) is -3.69. The number of alkyl halides is 3. The SMILES string of the molecule is O=S(=O)(Nc1ccc(C([O-])=N/N=C\c2ccc(C(F)(F)F)cc2)cc1)c1cccs1. The fourth-order valence-electron chi connectivity index (χ4n) is 2.27. The maximum absolute atomic E-state index is 12.5. The lowest BCUT2D eigenvalue weighted by Crippen LogP contribution is -2.18. The first-order valence-corrected chi connectivity index (χ1v) is 10.6. The number of benzene rings is 2. The number of hydrogen-bond acceptors (Lipinski definition) is 6. The van der Waals surface area contributed by atoms with Gasteiger partial charge < -0.3 is 5.11 Å². The van der Waals surface area contributed by atoms with Gasteiger partial charge in [-0.15, -0.1) is 11.3 Å². The molecule has 0 saturated carbocycles. The molecule has 1 heterocycles. The average Bonchev–Trinajstić information content (AvgIpc) is 3.24. The van der Waals surface area contributed by atoms with Crippen molar-refractivity contribution in [1.29, 1.82) is 0 Å². The van der Waals surface area contributed by atoms with E-state index in [9.17, 15) is 26.7 Å². The molecule has 0 radical (unpaired) electrons. The summed E-state index contributed by atoms with van der Waals surface area (Å²) in [5.74, 6) is -0.689. The quantitative estimate of drug-likeness (QED) is 0.351. The summed E-state index contributed by atoms with van der Waals surface area (Å²) in [4.78, 5) is 0. The molecule has 156 valence electrons. The first-order valence-electron chi connectivity index (χ1n) is 8.27. The van der Waals surface area contributed by atoms with Gasteiger partial charge in [0.2, 0.25) is 0 Å². The summed E-state index contributed by atoms with van der Waals surface area (Å²) >= 11 is 1.08. The predicted octanol–water partition coefficient (Wildman–Crippen LogP) is 3.71. The molecule has 0 atom stereocenters. The first-order chi connectivity index (χ1) is 14.1. The molecule has 1 aromatic heterocycles. The lowest BCUT2D eigenvalue weighted by Gasteiger charge is -2.10. The molecule has 3 rings (SSSR count). The maximum atomic E-state index is 12.5. The van der Waals surface area contributed by atoms with Crippen LogP contribution >= 0.6 is 11.3 Å². The van der Waals surface area contributed by atoms with E-state index in [-0.39, 0.29) is 15.5 Å². The van der Waals surface area contributed by atoms with Crippen molar-refractivity contribution in [2.45, 2.75) is 10.4 Å². The summed E-state index contributed by atoms with van der Waals surface area (Å²) in [6.07, 6.45) is -3.28. The molecular formula is C19H13F3N3O3S2-. The third-order valence-corrected chi connectivity index (χ3v) is 6.52. The summed E-state index contributed by atoms with van der Waals surface area (Å²) in [6, 6.07) is 12.9. The molecule has 30 heavy (non-hydrogen) atoms. The smallest absolute Gasteiger partial charge is 0.416 e. The zero-order valence-corrected chi connectivity index (χ0v) is 16.6. The number of nitrogens with one attached hydrogen (secondary N) is 1. The molecule has 11 heteroatoms. The largest absolute Gasteiger partial charge is 0.857 e. The van der Waals surface area contributed by atoms with E-state index in [0.29, 0.717) is 5.56 Å². The van der Waals surface area contributed by atoms with Crippen molar-refractivity contribution >= 4 is 39.2 Å². The van der Waals surface area contributed by atoms with Crippen LogP contribution < -0.4 is 9.83 Å². The van der Waals surface area contributed by atoms with Gasteiger partial charge in [0.05, 0.1) is 11.8 Å². The Morgan fingerprint density at radius 2 is 1.70 bits per heavy atom. The summed E-state index contributed by atoms with van der Waals surface area (Å²) < 4.78 is 64.5. The Balaban J connectivity index is 1.66.